The van der Waals surface area contributed by atoms with Gasteiger partial charge in [-0.3, -0.25) is 0 Å². The van der Waals surface area contributed by atoms with Crippen molar-refractivity contribution in [1.29, 1.82) is 0 Å². The molecule has 0 aliphatic rings. The molecule has 0 fully saturated rings. The molecule has 11 heavy (non-hydrogen) atoms. The second-order valence-electron chi connectivity index (χ2n) is 2.67. The normalized spacial score (nSPS) is 9.36. The SMILES string of the molecule is CNc1ccoc1C=C(C)C. The highest BCUT2D eigenvalue weighted by Gasteiger charge is 1.99. The summed E-state index contributed by atoms with van der Waals surface area (Å²) in [7, 11) is 1.88. The van der Waals surface area contributed by atoms with Gasteiger partial charge < -0.3 is 9.73 Å². The monoisotopic (exact) mass is 151 g/mol. The molecular formula is C9H13NO. The summed E-state index contributed by atoms with van der Waals surface area (Å²) in [5.41, 5.74) is 2.27. The van der Waals surface area contributed by atoms with E-state index in [0.717, 1.165) is 11.4 Å². The lowest BCUT2D eigenvalue weighted by Gasteiger charge is -1.95. The van der Waals surface area contributed by atoms with Gasteiger partial charge in [-0.1, -0.05) is 5.57 Å². The highest BCUT2D eigenvalue weighted by Crippen LogP contribution is 2.18. The molecule has 0 aliphatic carbocycles. The minimum Gasteiger partial charge on any atom is -0.463 e. The third-order valence-electron chi connectivity index (χ3n) is 1.38. The molecule has 60 valence electrons. The van der Waals surface area contributed by atoms with E-state index >= 15 is 0 Å². The van der Waals surface area contributed by atoms with Gasteiger partial charge in [0, 0.05) is 13.1 Å². The van der Waals surface area contributed by atoms with Crippen molar-refractivity contribution in [3.05, 3.63) is 23.7 Å². The summed E-state index contributed by atoms with van der Waals surface area (Å²) in [5.74, 6) is 0.896. The molecule has 1 aromatic heterocycles. The van der Waals surface area contributed by atoms with Gasteiger partial charge in [0.2, 0.25) is 0 Å². The predicted molar refractivity (Wildman–Crippen MR) is 47.6 cm³/mol. The maximum atomic E-state index is 5.23. The molecule has 0 saturated carbocycles. The van der Waals surface area contributed by atoms with Gasteiger partial charge in [-0.2, -0.15) is 0 Å². The molecule has 0 saturated heterocycles. The minimum absolute atomic E-state index is 0.896. The van der Waals surface area contributed by atoms with Crippen molar-refractivity contribution < 1.29 is 4.42 Å². The number of furan rings is 1. The first-order chi connectivity index (χ1) is 5.24. The van der Waals surface area contributed by atoms with Gasteiger partial charge in [0.15, 0.2) is 0 Å². The van der Waals surface area contributed by atoms with Gasteiger partial charge in [-0.15, -0.1) is 0 Å². The Morgan fingerprint density at radius 2 is 2.27 bits per heavy atom. The Morgan fingerprint density at radius 1 is 1.55 bits per heavy atom. The Kier molecular flexibility index (Phi) is 2.36. The van der Waals surface area contributed by atoms with Crippen LogP contribution in [0.25, 0.3) is 6.08 Å². The molecule has 1 heterocycles. The second-order valence-corrected chi connectivity index (χ2v) is 2.67. The molecule has 1 N–H and O–H groups in total. The van der Waals surface area contributed by atoms with E-state index in [4.69, 9.17) is 4.42 Å². The molecular weight excluding hydrogens is 138 g/mol. The fourth-order valence-corrected chi connectivity index (χ4v) is 0.901. The van der Waals surface area contributed by atoms with Crippen molar-refractivity contribution in [2.75, 3.05) is 12.4 Å². The Balaban J connectivity index is 2.93. The Labute approximate surface area is 66.9 Å². The van der Waals surface area contributed by atoms with Crippen molar-refractivity contribution in [2.24, 2.45) is 0 Å². The summed E-state index contributed by atoms with van der Waals surface area (Å²) in [4.78, 5) is 0. The summed E-state index contributed by atoms with van der Waals surface area (Å²) >= 11 is 0. The summed E-state index contributed by atoms with van der Waals surface area (Å²) in [6.07, 6.45) is 3.69. The first kappa shape index (κ1) is 7.92. The molecule has 0 spiro atoms. The average molecular weight is 151 g/mol. The van der Waals surface area contributed by atoms with Crippen molar-refractivity contribution in [3.63, 3.8) is 0 Å². The fraction of sp³-hybridized carbons (Fsp3) is 0.333. The molecule has 0 amide bonds. The van der Waals surface area contributed by atoms with Crippen LogP contribution >= 0.6 is 0 Å². The van der Waals surface area contributed by atoms with Crippen LogP contribution in [0.4, 0.5) is 5.69 Å². The van der Waals surface area contributed by atoms with E-state index in [-0.39, 0.29) is 0 Å². The van der Waals surface area contributed by atoms with Crippen LogP contribution in [0.2, 0.25) is 0 Å². The van der Waals surface area contributed by atoms with Crippen molar-refractivity contribution in [2.45, 2.75) is 13.8 Å². The van der Waals surface area contributed by atoms with Crippen LogP contribution in [0.1, 0.15) is 19.6 Å². The van der Waals surface area contributed by atoms with E-state index in [1.165, 1.54) is 5.57 Å². The highest BCUT2D eigenvalue weighted by molar-refractivity contribution is 5.62. The number of hydrogen-bond donors (Lipinski definition) is 1. The molecule has 1 aromatic rings. The number of rotatable bonds is 2. The van der Waals surface area contributed by atoms with Crippen LogP contribution in [0.3, 0.4) is 0 Å². The van der Waals surface area contributed by atoms with Crippen molar-refractivity contribution in [3.8, 4) is 0 Å². The Bertz CT molecular complexity index is 256. The largest absolute Gasteiger partial charge is 0.463 e. The van der Waals surface area contributed by atoms with E-state index in [1.54, 1.807) is 6.26 Å². The molecule has 0 bridgehead atoms. The molecule has 0 atom stereocenters. The maximum Gasteiger partial charge on any atom is 0.149 e. The van der Waals surface area contributed by atoms with E-state index in [9.17, 15) is 0 Å². The smallest absolute Gasteiger partial charge is 0.149 e. The van der Waals surface area contributed by atoms with Gasteiger partial charge >= 0.3 is 0 Å². The van der Waals surface area contributed by atoms with Gasteiger partial charge in [0.1, 0.15) is 5.76 Å². The fourth-order valence-electron chi connectivity index (χ4n) is 0.901. The number of allylic oxidation sites excluding steroid dienone is 1. The van der Waals surface area contributed by atoms with E-state index < -0.39 is 0 Å². The molecule has 2 heteroatoms. The number of nitrogens with one attached hydrogen (secondary N) is 1. The quantitative estimate of drug-likeness (QED) is 0.703. The topological polar surface area (TPSA) is 25.2 Å². The lowest BCUT2D eigenvalue weighted by Crippen LogP contribution is -1.86. The molecule has 0 unspecified atom stereocenters. The molecule has 2 nitrogen and oxygen atoms in total. The first-order valence-corrected chi connectivity index (χ1v) is 3.64. The Hall–Kier alpha value is -1.18. The van der Waals surface area contributed by atoms with E-state index in [1.807, 2.05) is 33.0 Å². The molecule has 0 aliphatic heterocycles. The summed E-state index contributed by atoms with van der Waals surface area (Å²) < 4.78 is 5.23. The van der Waals surface area contributed by atoms with Crippen LogP contribution in [0.5, 0.6) is 0 Å². The van der Waals surface area contributed by atoms with E-state index in [0.29, 0.717) is 0 Å². The third kappa shape index (κ3) is 1.87. The van der Waals surface area contributed by atoms with Gasteiger partial charge in [0.05, 0.1) is 12.0 Å². The molecule has 0 radical (unpaired) electrons. The molecule has 1 rings (SSSR count). The standard InChI is InChI=1S/C9H13NO/c1-7(2)6-9-8(10-3)4-5-11-9/h4-6,10H,1-3H3. The molecule has 0 aromatic carbocycles. The van der Waals surface area contributed by atoms with E-state index in [2.05, 4.69) is 5.32 Å². The van der Waals surface area contributed by atoms with Gasteiger partial charge in [-0.25, -0.2) is 0 Å². The highest BCUT2D eigenvalue weighted by atomic mass is 16.3. The average Bonchev–Trinajstić information content (AvgIpc) is 2.34. The lowest BCUT2D eigenvalue weighted by molar-refractivity contribution is 0.557. The van der Waals surface area contributed by atoms with Crippen LogP contribution in [-0.2, 0) is 0 Å². The van der Waals surface area contributed by atoms with Crippen LogP contribution in [-0.4, -0.2) is 7.05 Å². The maximum absolute atomic E-state index is 5.23. The summed E-state index contributed by atoms with van der Waals surface area (Å²) in [6.45, 7) is 4.09. The number of hydrogen-bond acceptors (Lipinski definition) is 2. The lowest BCUT2D eigenvalue weighted by atomic mass is 10.2. The zero-order valence-electron chi connectivity index (χ0n) is 7.14. The summed E-state index contributed by atoms with van der Waals surface area (Å²) in [6, 6.07) is 1.91. The predicted octanol–water partition coefficient (Wildman–Crippen LogP) is 2.74. The Morgan fingerprint density at radius 3 is 2.82 bits per heavy atom. The first-order valence-electron chi connectivity index (χ1n) is 3.64. The second kappa shape index (κ2) is 3.28. The van der Waals surface area contributed by atoms with Gasteiger partial charge in [0.25, 0.3) is 0 Å². The van der Waals surface area contributed by atoms with Gasteiger partial charge in [-0.05, 0) is 19.9 Å². The summed E-state index contributed by atoms with van der Waals surface area (Å²) in [5, 5.41) is 3.04. The third-order valence-corrected chi connectivity index (χ3v) is 1.38. The van der Waals surface area contributed by atoms with Crippen LogP contribution in [0, 0.1) is 0 Å². The minimum atomic E-state index is 0.896. The number of anilines is 1. The zero-order chi connectivity index (χ0) is 8.27. The van der Waals surface area contributed by atoms with Crippen LogP contribution < -0.4 is 5.32 Å². The van der Waals surface area contributed by atoms with Crippen molar-refractivity contribution >= 4 is 11.8 Å². The van der Waals surface area contributed by atoms with Crippen LogP contribution in [0.15, 0.2) is 22.3 Å². The van der Waals surface area contributed by atoms with Crippen molar-refractivity contribution in [1.82, 2.24) is 0 Å². The zero-order valence-corrected chi connectivity index (χ0v) is 7.14.